The Labute approximate surface area is 224 Å². The SMILES string of the molecule is O=C1CCC(N2Cc3cc(OC[C@H]4CCCCN4C(=O)c4cnnn4-c4ccccc4)ccc3C2=O)C(=O)N1. The minimum Gasteiger partial charge on any atom is -0.491 e. The van der Waals surface area contributed by atoms with Gasteiger partial charge in [0.1, 0.15) is 18.4 Å². The smallest absolute Gasteiger partial charge is 0.274 e. The third kappa shape index (κ3) is 4.75. The maximum atomic E-state index is 13.6. The number of nitrogens with one attached hydrogen (secondary N) is 1. The monoisotopic (exact) mass is 528 g/mol. The van der Waals surface area contributed by atoms with Crippen molar-refractivity contribution in [3.8, 4) is 11.4 Å². The van der Waals surface area contributed by atoms with Crippen LogP contribution in [0.5, 0.6) is 5.75 Å². The third-order valence-electron chi connectivity index (χ3n) is 7.59. The minimum absolute atomic E-state index is 0.125. The summed E-state index contributed by atoms with van der Waals surface area (Å²) in [6.07, 6.45) is 4.74. The van der Waals surface area contributed by atoms with Gasteiger partial charge in [-0.2, -0.15) is 0 Å². The van der Waals surface area contributed by atoms with E-state index in [-0.39, 0.29) is 36.7 Å². The Kier molecular flexibility index (Phi) is 6.55. The fraction of sp³-hybridized carbons (Fsp3) is 0.357. The van der Waals surface area contributed by atoms with Crippen molar-refractivity contribution in [1.29, 1.82) is 0 Å². The van der Waals surface area contributed by atoms with E-state index in [1.165, 1.54) is 11.1 Å². The van der Waals surface area contributed by atoms with E-state index in [1.807, 2.05) is 41.3 Å². The fourth-order valence-corrected chi connectivity index (χ4v) is 5.56. The summed E-state index contributed by atoms with van der Waals surface area (Å²) in [4.78, 5) is 53.7. The van der Waals surface area contributed by atoms with Crippen LogP contribution in [-0.2, 0) is 16.1 Å². The van der Waals surface area contributed by atoms with Crippen molar-refractivity contribution >= 4 is 23.6 Å². The van der Waals surface area contributed by atoms with Crippen molar-refractivity contribution < 1.29 is 23.9 Å². The number of hydrogen-bond donors (Lipinski definition) is 1. The number of ether oxygens (including phenoxy) is 1. The highest BCUT2D eigenvalue weighted by molar-refractivity contribution is 6.05. The standard InChI is InChI=1S/C28H28N6O5/c35-25-12-11-23(26(36)30-25)33-16-18-14-21(9-10-22(18)27(33)37)39-17-20-8-4-5-13-32(20)28(38)24-15-29-31-34(24)19-6-2-1-3-7-19/h1-3,6-7,9-10,14-15,20,23H,4-5,8,11-13,16-17H2,(H,30,35,36)/t20-,23?/m1/s1. The number of rotatable bonds is 6. The lowest BCUT2D eigenvalue weighted by atomic mass is 10.0. The van der Waals surface area contributed by atoms with Crippen LogP contribution in [0.3, 0.4) is 0 Å². The highest BCUT2D eigenvalue weighted by atomic mass is 16.5. The van der Waals surface area contributed by atoms with Crippen LogP contribution >= 0.6 is 0 Å². The van der Waals surface area contributed by atoms with Gasteiger partial charge < -0.3 is 14.5 Å². The average molecular weight is 529 g/mol. The first-order chi connectivity index (χ1) is 19.0. The molecule has 1 unspecified atom stereocenters. The third-order valence-corrected chi connectivity index (χ3v) is 7.59. The molecule has 1 N–H and O–H groups in total. The number of carbonyl (C=O) groups is 4. The van der Waals surface area contributed by atoms with Crippen LogP contribution in [0.25, 0.3) is 5.69 Å². The molecule has 11 heteroatoms. The van der Waals surface area contributed by atoms with E-state index in [1.54, 1.807) is 16.8 Å². The van der Waals surface area contributed by atoms with Gasteiger partial charge in [-0.05, 0) is 61.6 Å². The molecule has 0 radical (unpaired) electrons. The molecular weight excluding hydrogens is 500 g/mol. The second-order valence-corrected chi connectivity index (χ2v) is 10.0. The number of imide groups is 1. The second-order valence-electron chi connectivity index (χ2n) is 10.0. The second kappa shape index (κ2) is 10.3. The number of piperidine rings is 2. The van der Waals surface area contributed by atoms with Crippen LogP contribution in [0.1, 0.15) is 58.5 Å². The average Bonchev–Trinajstić information content (AvgIpc) is 3.57. The molecular formula is C28H28N6O5. The van der Waals surface area contributed by atoms with Gasteiger partial charge in [0.2, 0.25) is 11.8 Å². The number of para-hydroxylation sites is 1. The number of hydrogen-bond acceptors (Lipinski definition) is 7. The summed E-state index contributed by atoms with van der Waals surface area (Å²) >= 11 is 0. The number of amides is 4. The number of carbonyl (C=O) groups excluding carboxylic acids is 4. The highest BCUT2D eigenvalue weighted by Crippen LogP contribution is 2.31. The molecule has 200 valence electrons. The number of nitrogens with zero attached hydrogens (tertiary/aromatic N) is 5. The van der Waals surface area contributed by atoms with E-state index >= 15 is 0 Å². The summed E-state index contributed by atoms with van der Waals surface area (Å²) in [6.45, 7) is 1.21. The summed E-state index contributed by atoms with van der Waals surface area (Å²) in [6, 6.07) is 13.9. The first kappa shape index (κ1) is 24.8. The zero-order chi connectivity index (χ0) is 26.9. The van der Waals surface area contributed by atoms with Gasteiger partial charge in [-0.15, -0.1) is 5.10 Å². The summed E-state index contributed by atoms with van der Waals surface area (Å²) < 4.78 is 7.71. The minimum atomic E-state index is -0.660. The van der Waals surface area contributed by atoms with Crippen molar-refractivity contribution in [1.82, 2.24) is 30.1 Å². The highest BCUT2D eigenvalue weighted by Gasteiger charge is 2.39. The van der Waals surface area contributed by atoms with Crippen LogP contribution in [0.2, 0.25) is 0 Å². The molecule has 1 aromatic heterocycles. The van der Waals surface area contributed by atoms with E-state index < -0.39 is 11.9 Å². The molecule has 3 aromatic rings. The lowest BCUT2D eigenvalue weighted by molar-refractivity contribution is -0.136. The Morgan fingerprint density at radius 2 is 1.90 bits per heavy atom. The van der Waals surface area contributed by atoms with E-state index in [0.717, 1.165) is 30.5 Å². The van der Waals surface area contributed by atoms with Gasteiger partial charge in [0, 0.05) is 25.1 Å². The topological polar surface area (TPSA) is 127 Å². The first-order valence-electron chi connectivity index (χ1n) is 13.2. The van der Waals surface area contributed by atoms with Crippen molar-refractivity contribution in [2.45, 2.75) is 50.7 Å². The van der Waals surface area contributed by atoms with E-state index in [9.17, 15) is 19.2 Å². The van der Waals surface area contributed by atoms with Gasteiger partial charge in [-0.1, -0.05) is 23.4 Å². The predicted octanol–water partition coefficient (Wildman–Crippen LogP) is 2.10. The molecule has 6 rings (SSSR count). The van der Waals surface area contributed by atoms with Gasteiger partial charge >= 0.3 is 0 Å². The molecule has 3 aliphatic heterocycles. The van der Waals surface area contributed by atoms with E-state index in [4.69, 9.17) is 4.74 Å². The maximum Gasteiger partial charge on any atom is 0.274 e. The number of likely N-dealkylation sites (tertiary alicyclic amines) is 1. The maximum absolute atomic E-state index is 13.6. The molecule has 2 atom stereocenters. The molecule has 0 saturated carbocycles. The molecule has 0 spiro atoms. The summed E-state index contributed by atoms with van der Waals surface area (Å²) in [5.41, 5.74) is 2.47. The Balaban J connectivity index is 1.14. The largest absolute Gasteiger partial charge is 0.491 e. The molecule has 2 fully saturated rings. The quantitative estimate of drug-likeness (QED) is 0.486. The Morgan fingerprint density at radius 3 is 2.72 bits per heavy atom. The van der Waals surface area contributed by atoms with Crippen LogP contribution in [0.4, 0.5) is 0 Å². The Morgan fingerprint density at radius 1 is 1.05 bits per heavy atom. The Bertz CT molecular complexity index is 1440. The van der Waals surface area contributed by atoms with Crippen molar-refractivity contribution in [3.05, 3.63) is 71.5 Å². The molecule has 0 bridgehead atoms. The Hall–Kier alpha value is -4.54. The first-order valence-corrected chi connectivity index (χ1v) is 13.2. The number of aromatic nitrogens is 3. The molecule has 4 amide bonds. The molecule has 4 heterocycles. The molecule has 39 heavy (non-hydrogen) atoms. The van der Waals surface area contributed by atoms with E-state index in [2.05, 4.69) is 15.6 Å². The number of benzene rings is 2. The van der Waals surface area contributed by atoms with Crippen LogP contribution < -0.4 is 10.1 Å². The van der Waals surface area contributed by atoms with Crippen molar-refractivity contribution in [2.24, 2.45) is 0 Å². The van der Waals surface area contributed by atoms with Gasteiger partial charge in [-0.25, -0.2) is 4.68 Å². The predicted molar refractivity (Wildman–Crippen MR) is 138 cm³/mol. The molecule has 2 saturated heterocycles. The van der Waals surface area contributed by atoms with Crippen LogP contribution in [0, 0.1) is 0 Å². The van der Waals surface area contributed by atoms with Gasteiger partial charge in [-0.3, -0.25) is 24.5 Å². The molecule has 2 aromatic carbocycles. The number of fused-ring (bicyclic) bond motifs is 1. The molecule has 0 aliphatic carbocycles. The lowest BCUT2D eigenvalue weighted by Crippen LogP contribution is -2.52. The molecule has 11 nitrogen and oxygen atoms in total. The lowest BCUT2D eigenvalue weighted by Gasteiger charge is -2.35. The fourth-order valence-electron chi connectivity index (χ4n) is 5.56. The summed E-state index contributed by atoms with van der Waals surface area (Å²) in [5.74, 6) is -0.516. The van der Waals surface area contributed by atoms with Gasteiger partial charge in [0.15, 0.2) is 5.69 Å². The van der Waals surface area contributed by atoms with Crippen LogP contribution in [-0.4, -0.2) is 73.7 Å². The summed E-state index contributed by atoms with van der Waals surface area (Å²) in [7, 11) is 0. The summed E-state index contributed by atoms with van der Waals surface area (Å²) in [5, 5.41) is 10.4. The normalized spacial score (nSPS) is 21.1. The van der Waals surface area contributed by atoms with Crippen molar-refractivity contribution in [2.75, 3.05) is 13.2 Å². The van der Waals surface area contributed by atoms with Crippen LogP contribution in [0.15, 0.2) is 54.7 Å². The zero-order valence-electron chi connectivity index (χ0n) is 21.3. The van der Waals surface area contributed by atoms with E-state index in [0.29, 0.717) is 36.6 Å². The van der Waals surface area contributed by atoms with Crippen molar-refractivity contribution in [3.63, 3.8) is 0 Å². The zero-order valence-corrected chi connectivity index (χ0v) is 21.3. The molecule has 3 aliphatic rings. The van der Waals surface area contributed by atoms with Gasteiger partial charge in [0.25, 0.3) is 11.8 Å². The van der Waals surface area contributed by atoms with Gasteiger partial charge in [0.05, 0.1) is 17.9 Å².